The van der Waals surface area contributed by atoms with Crippen molar-refractivity contribution in [3.63, 3.8) is 0 Å². The molecule has 0 amide bonds. The largest absolute Gasteiger partial charge is 0.311 e. The van der Waals surface area contributed by atoms with Crippen molar-refractivity contribution in [2.75, 3.05) is 0 Å². The number of aromatic nitrogens is 4. The lowest BCUT2D eigenvalue weighted by Gasteiger charge is -2.09. The van der Waals surface area contributed by atoms with Gasteiger partial charge >= 0.3 is 0 Å². The van der Waals surface area contributed by atoms with Crippen molar-refractivity contribution >= 4 is 11.2 Å². The Labute approximate surface area is 137 Å². The molecule has 5 nitrogen and oxygen atoms in total. The molecule has 0 saturated heterocycles. The Morgan fingerprint density at radius 2 is 1.46 bits per heavy atom. The molecule has 1 aliphatic carbocycles. The summed E-state index contributed by atoms with van der Waals surface area (Å²) in [5.41, 5.74) is 6.31. The van der Waals surface area contributed by atoms with Crippen LogP contribution in [0, 0.1) is 0 Å². The van der Waals surface area contributed by atoms with Crippen LogP contribution < -0.4 is 5.56 Å². The maximum Gasteiger partial charge on any atom is 0.278 e. The topological polar surface area (TPSA) is 71.5 Å². The predicted octanol–water partition coefficient (Wildman–Crippen LogP) is 2.95. The average molecular weight is 312 g/mol. The molecule has 24 heavy (non-hydrogen) atoms. The number of aromatic amines is 1. The number of nitrogens with one attached hydrogen (secondary N) is 1. The van der Waals surface area contributed by atoms with Gasteiger partial charge in [-0.3, -0.25) is 4.79 Å². The molecule has 0 radical (unpaired) electrons. The van der Waals surface area contributed by atoms with Crippen LogP contribution >= 0.6 is 0 Å². The number of hydrogen-bond donors (Lipinski definition) is 1. The van der Waals surface area contributed by atoms with Crippen molar-refractivity contribution in [3.05, 3.63) is 76.3 Å². The lowest BCUT2D eigenvalue weighted by atomic mass is 10.00. The van der Waals surface area contributed by atoms with Crippen LogP contribution in [-0.4, -0.2) is 19.9 Å². The minimum atomic E-state index is -0.273. The fraction of sp³-hybridized carbons (Fsp3) is 0.0526. The quantitative estimate of drug-likeness (QED) is 0.477. The van der Waals surface area contributed by atoms with E-state index in [9.17, 15) is 4.79 Å². The SMILES string of the molecule is O=c1[nH]cnc2nc3c(nc12)-c1ccccc1Cc1ccccc1-3. The van der Waals surface area contributed by atoms with Crippen molar-refractivity contribution in [1.82, 2.24) is 19.9 Å². The molecule has 0 saturated carbocycles. The normalized spacial score (nSPS) is 12.2. The van der Waals surface area contributed by atoms with Crippen LogP contribution in [0.15, 0.2) is 59.7 Å². The van der Waals surface area contributed by atoms with Crippen LogP contribution in [0.1, 0.15) is 11.1 Å². The molecule has 2 aromatic heterocycles. The third-order valence-electron chi connectivity index (χ3n) is 4.40. The van der Waals surface area contributed by atoms with Crippen molar-refractivity contribution in [2.24, 2.45) is 0 Å². The zero-order valence-corrected chi connectivity index (χ0v) is 12.7. The van der Waals surface area contributed by atoms with E-state index in [1.807, 2.05) is 36.4 Å². The molecule has 0 spiro atoms. The summed E-state index contributed by atoms with van der Waals surface area (Å²) in [5, 5.41) is 0. The number of rotatable bonds is 0. The van der Waals surface area contributed by atoms with Gasteiger partial charge in [0.25, 0.3) is 5.56 Å². The highest BCUT2D eigenvalue weighted by atomic mass is 16.1. The molecule has 1 N–H and O–H groups in total. The maximum atomic E-state index is 12.1. The Morgan fingerprint density at radius 1 is 0.833 bits per heavy atom. The summed E-state index contributed by atoms with van der Waals surface area (Å²) in [7, 11) is 0. The third-order valence-corrected chi connectivity index (χ3v) is 4.40. The molecular weight excluding hydrogens is 300 g/mol. The molecule has 4 aromatic rings. The Morgan fingerprint density at radius 3 is 2.17 bits per heavy atom. The van der Waals surface area contributed by atoms with E-state index in [2.05, 4.69) is 32.1 Å². The second-order valence-corrected chi connectivity index (χ2v) is 5.82. The molecule has 0 atom stereocenters. The van der Waals surface area contributed by atoms with Crippen molar-refractivity contribution in [1.29, 1.82) is 0 Å². The summed E-state index contributed by atoms with van der Waals surface area (Å²) in [5.74, 6) is 0. The number of hydrogen-bond acceptors (Lipinski definition) is 4. The molecule has 114 valence electrons. The number of fused-ring (bicyclic) bond motifs is 6. The summed E-state index contributed by atoms with van der Waals surface area (Å²) in [4.78, 5) is 28.2. The standard InChI is InChI=1S/C19H12N4O/c24-19-17-18(20-10-21-19)23-16-14-8-4-2-6-12(14)9-11-5-1-3-7-13(11)15(16)22-17/h1-8,10H,9H2,(H,20,21,23,24). The van der Waals surface area contributed by atoms with Gasteiger partial charge in [-0.2, -0.15) is 0 Å². The molecule has 5 rings (SSSR count). The van der Waals surface area contributed by atoms with Gasteiger partial charge < -0.3 is 4.98 Å². The Hall–Kier alpha value is -3.34. The summed E-state index contributed by atoms with van der Waals surface area (Å²) < 4.78 is 0. The first-order chi connectivity index (χ1) is 11.8. The monoisotopic (exact) mass is 312 g/mol. The van der Waals surface area contributed by atoms with Crippen molar-refractivity contribution in [2.45, 2.75) is 6.42 Å². The average Bonchev–Trinajstić information content (AvgIpc) is 2.75. The molecule has 2 heterocycles. The van der Waals surface area contributed by atoms with E-state index in [0.717, 1.165) is 28.9 Å². The molecular formula is C19H12N4O. The van der Waals surface area contributed by atoms with Crippen LogP contribution in [0.3, 0.4) is 0 Å². The van der Waals surface area contributed by atoms with Crippen LogP contribution in [0.25, 0.3) is 33.7 Å². The number of H-pyrrole nitrogens is 1. The van der Waals surface area contributed by atoms with Gasteiger partial charge in [0.2, 0.25) is 0 Å². The molecule has 0 fully saturated rings. The van der Waals surface area contributed by atoms with E-state index < -0.39 is 0 Å². The minimum absolute atomic E-state index is 0.269. The first-order valence-electron chi connectivity index (χ1n) is 7.73. The van der Waals surface area contributed by atoms with Gasteiger partial charge in [0.05, 0.1) is 17.7 Å². The summed E-state index contributed by atoms with van der Waals surface area (Å²) in [6, 6.07) is 16.3. The first kappa shape index (κ1) is 13.1. The van der Waals surface area contributed by atoms with Crippen LogP contribution in [0.4, 0.5) is 0 Å². The highest BCUT2D eigenvalue weighted by Gasteiger charge is 2.22. The van der Waals surface area contributed by atoms with Crippen molar-refractivity contribution < 1.29 is 0 Å². The Kier molecular flexibility index (Phi) is 2.64. The van der Waals surface area contributed by atoms with Crippen LogP contribution in [0.2, 0.25) is 0 Å². The fourth-order valence-corrected chi connectivity index (χ4v) is 3.28. The van der Waals surface area contributed by atoms with Crippen LogP contribution in [-0.2, 0) is 6.42 Å². The Balaban J connectivity index is 1.99. The lowest BCUT2D eigenvalue weighted by Crippen LogP contribution is -2.10. The molecule has 0 aliphatic heterocycles. The van der Waals surface area contributed by atoms with Crippen molar-refractivity contribution in [3.8, 4) is 22.5 Å². The van der Waals surface area contributed by atoms with Gasteiger partial charge in [-0.25, -0.2) is 15.0 Å². The number of benzene rings is 2. The highest BCUT2D eigenvalue weighted by Crippen LogP contribution is 2.38. The summed E-state index contributed by atoms with van der Waals surface area (Å²) >= 11 is 0. The summed E-state index contributed by atoms with van der Waals surface area (Å²) in [6.45, 7) is 0. The molecule has 1 aliphatic rings. The molecule has 0 bridgehead atoms. The van der Waals surface area contributed by atoms with Gasteiger partial charge in [-0.05, 0) is 17.5 Å². The molecule has 2 aromatic carbocycles. The van der Waals surface area contributed by atoms with Gasteiger partial charge in [-0.15, -0.1) is 0 Å². The zero-order chi connectivity index (χ0) is 16.1. The minimum Gasteiger partial charge on any atom is -0.311 e. The summed E-state index contributed by atoms with van der Waals surface area (Å²) in [6.07, 6.45) is 2.17. The van der Waals surface area contributed by atoms with E-state index in [1.165, 1.54) is 17.5 Å². The van der Waals surface area contributed by atoms with Gasteiger partial charge in [0.1, 0.15) is 0 Å². The zero-order valence-electron chi connectivity index (χ0n) is 12.7. The van der Waals surface area contributed by atoms with Gasteiger partial charge in [0, 0.05) is 11.1 Å². The van der Waals surface area contributed by atoms with Crippen LogP contribution in [0.5, 0.6) is 0 Å². The smallest absolute Gasteiger partial charge is 0.278 e. The second kappa shape index (κ2) is 4.83. The molecule has 0 unspecified atom stereocenters. The molecule has 5 heteroatoms. The van der Waals surface area contributed by atoms with E-state index >= 15 is 0 Å². The predicted molar refractivity (Wildman–Crippen MR) is 91.6 cm³/mol. The van der Waals surface area contributed by atoms with E-state index in [-0.39, 0.29) is 11.1 Å². The Bertz CT molecular complexity index is 1160. The highest BCUT2D eigenvalue weighted by molar-refractivity contribution is 5.88. The second-order valence-electron chi connectivity index (χ2n) is 5.82. The third kappa shape index (κ3) is 1.81. The van der Waals surface area contributed by atoms with E-state index in [0.29, 0.717) is 5.65 Å². The number of nitrogens with zero attached hydrogens (tertiary/aromatic N) is 3. The van der Waals surface area contributed by atoms with Gasteiger partial charge in [0.15, 0.2) is 11.2 Å². The first-order valence-corrected chi connectivity index (χ1v) is 7.73. The van der Waals surface area contributed by atoms with E-state index in [1.54, 1.807) is 0 Å². The van der Waals surface area contributed by atoms with E-state index in [4.69, 9.17) is 0 Å². The van der Waals surface area contributed by atoms with Gasteiger partial charge in [-0.1, -0.05) is 48.5 Å². The fourth-order valence-electron chi connectivity index (χ4n) is 3.28. The lowest BCUT2D eigenvalue weighted by molar-refractivity contribution is 1.11. The maximum absolute atomic E-state index is 12.1.